The molecule has 0 aliphatic heterocycles. The van der Waals surface area contributed by atoms with E-state index in [-0.39, 0.29) is 11.5 Å². The van der Waals surface area contributed by atoms with Crippen LogP contribution in [0.2, 0.25) is 0 Å². The Morgan fingerprint density at radius 3 is 2.57 bits per heavy atom. The number of rotatable bonds is 5. The highest BCUT2D eigenvalue weighted by atomic mass is 32.2. The van der Waals surface area contributed by atoms with Crippen molar-refractivity contribution in [1.82, 2.24) is 5.16 Å². The van der Waals surface area contributed by atoms with Crippen molar-refractivity contribution < 1.29 is 17.7 Å². The van der Waals surface area contributed by atoms with Crippen molar-refractivity contribution in [1.29, 1.82) is 0 Å². The fraction of sp³-hybridized carbons (Fsp3) is 0.118. The van der Waals surface area contributed by atoms with Crippen LogP contribution in [-0.2, 0) is 16.4 Å². The van der Waals surface area contributed by atoms with E-state index >= 15 is 0 Å². The van der Waals surface area contributed by atoms with Crippen LogP contribution in [0.25, 0.3) is 11.3 Å². The van der Waals surface area contributed by atoms with E-state index in [9.17, 15) is 8.42 Å². The Balaban J connectivity index is 1.71. The van der Waals surface area contributed by atoms with Crippen LogP contribution in [0.15, 0.2) is 70.1 Å². The Hall–Kier alpha value is -2.60. The van der Waals surface area contributed by atoms with Crippen molar-refractivity contribution >= 4 is 9.84 Å². The molecule has 0 bridgehead atoms. The first kappa shape index (κ1) is 15.3. The molecule has 6 heteroatoms. The molecule has 3 aromatic rings. The van der Waals surface area contributed by atoms with Gasteiger partial charge in [0.25, 0.3) is 0 Å². The highest BCUT2D eigenvalue weighted by molar-refractivity contribution is 7.90. The van der Waals surface area contributed by atoms with Gasteiger partial charge in [-0.3, -0.25) is 0 Å². The molecule has 0 atom stereocenters. The van der Waals surface area contributed by atoms with Crippen molar-refractivity contribution in [3.05, 3.63) is 66.4 Å². The first-order valence-corrected chi connectivity index (χ1v) is 8.85. The Kier molecular flexibility index (Phi) is 4.16. The lowest BCUT2D eigenvalue weighted by Crippen LogP contribution is -1.99. The van der Waals surface area contributed by atoms with Gasteiger partial charge in [-0.25, -0.2) is 8.42 Å². The molecule has 0 amide bonds. The summed E-state index contributed by atoms with van der Waals surface area (Å²) in [6.45, 7) is 0.174. The largest absolute Gasteiger partial charge is 0.486 e. The van der Waals surface area contributed by atoms with Gasteiger partial charge in [-0.15, -0.1) is 0 Å². The van der Waals surface area contributed by atoms with E-state index < -0.39 is 9.84 Å². The molecule has 3 rings (SSSR count). The fourth-order valence-corrected chi connectivity index (χ4v) is 2.73. The Bertz CT molecular complexity index is 901. The van der Waals surface area contributed by atoms with Crippen LogP contribution < -0.4 is 4.74 Å². The summed E-state index contributed by atoms with van der Waals surface area (Å²) in [5.41, 5.74) is 1.69. The van der Waals surface area contributed by atoms with Crippen LogP contribution in [-0.4, -0.2) is 19.8 Å². The van der Waals surface area contributed by atoms with Gasteiger partial charge in [0.05, 0.1) is 4.90 Å². The molecule has 0 saturated carbocycles. The molecule has 0 unspecified atom stereocenters. The number of benzene rings is 2. The van der Waals surface area contributed by atoms with Crippen LogP contribution in [0.5, 0.6) is 5.75 Å². The van der Waals surface area contributed by atoms with E-state index in [0.29, 0.717) is 11.5 Å². The van der Waals surface area contributed by atoms with Gasteiger partial charge in [-0.05, 0) is 18.2 Å². The maximum absolute atomic E-state index is 11.5. The van der Waals surface area contributed by atoms with Crippen LogP contribution in [0, 0.1) is 0 Å². The lowest BCUT2D eigenvalue weighted by atomic mass is 10.1. The van der Waals surface area contributed by atoms with E-state index in [1.54, 1.807) is 18.2 Å². The van der Waals surface area contributed by atoms with Gasteiger partial charge in [0.15, 0.2) is 15.6 Å². The van der Waals surface area contributed by atoms with Gasteiger partial charge in [-0.1, -0.05) is 41.6 Å². The number of hydrogen-bond acceptors (Lipinski definition) is 5. The summed E-state index contributed by atoms with van der Waals surface area (Å²) in [7, 11) is -3.26. The maximum atomic E-state index is 11.5. The van der Waals surface area contributed by atoms with E-state index in [0.717, 1.165) is 17.5 Å². The second-order valence-corrected chi connectivity index (χ2v) is 7.10. The van der Waals surface area contributed by atoms with Gasteiger partial charge in [0.2, 0.25) is 0 Å². The smallest absolute Gasteiger partial charge is 0.175 e. The van der Waals surface area contributed by atoms with Crippen molar-refractivity contribution in [3.8, 4) is 17.0 Å². The summed E-state index contributed by atoms with van der Waals surface area (Å²) in [5.74, 6) is 1.03. The van der Waals surface area contributed by atoms with Gasteiger partial charge >= 0.3 is 0 Å². The average molecular weight is 329 g/mol. The number of hydrogen-bond donors (Lipinski definition) is 0. The van der Waals surface area contributed by atoms with Crippen molar-refractivity contribution in [2.45, 2.75) is 11.5 Å². The third-order valence-electron chi connectivity index (χ3n) is 3.24. The highest BCUT2D eigenvalue weighted by Gasteiger charge is 2.10. The average Bonchev–Trinajstić information content (AvgIpc) is 3.02. The van der Waals surface area contributed by atoms with Gasteiger partial charge in [0, 0.05) is 17.9 Å². The minimum Gasteiger partial charge on any atom is -0.486 e. The molecule has 1 heterocycles. The first-order valence-electron chi connectivity index (χ1n) is 6.96. The second-order valence-electron chi connectivity index (χ2n) is 5.08. The second kappa shape index (κ2) is 6.26. The van der Waals surface area contributed by atoms with Crippen LogP contribution in [0.4, 0.5) is 0 Å². The lowest BCUT2D eigenvalue weighted by molar-refractivity contribution is 0.249. The Labute approximate surface area is 134 Å². The lowest BCUT2D eigenvalue weighted by Gasteiger charge is -2.05. The number of nitrogens with zero attached hydrogens (tertiary/aromatic N) is 1. The molecule has 0 aliphatic carbocycles. The number of sulfone groups is 1. The molecule has 118 valence electrons. The van der Waals surface area contributed by atoms with Crippen molar-refractivity contribution in [3.63, 3.8) is 0 Å². The van der Waals surface area contributed by atoms with E-state index in [1.807, 2.05) is 30.3 Å². The molecule has 0 radical (unpaired) electrons. The van der Waals surface area contributed by atoms with Gasteiger partial charge in [0.1, 0.15) is 18.1 Å². The van der Waals surface area contributed by atoms with Crippen LogP contribution >= 0.6 is 0 Å². The molecular formula is C17H15NO4S. The summed E-state index contributed by atoms with van der Waals surface area (Å²) in [5, 5.41) is 4.00. The molecular weight excluding hydrogens is 314 g/mol. The predicted octanol–water partition coefficient (Wildman–Crippen LogP) is 3.32. The fourth-order valence-electron chi connectivity index (χ4n) is 2.08. The van der Waals surface area contributed by atoms with E-state index in [1.165, 1.54) is 12.1 Å². The minimum atomic E-state index is -3.26. The topological polar surface area (TPSA) is 69.4 Å². The zero-order valence-electron chi connectivity index (χ0n) is 12.5. The Morgan fingerprint density at radius 2 is 1.83 bits per heavy atom. The molecule has 0 N–H and O–H groups in total. The molecule has 0 spiro atoms. The van der Waals surface area contributed by atoms with Crippen molar-refractivity contribution in [2.75, 3.05) is 6.26 Å². The first-order chi connectivity index (χ1) is 11.0. The molecule has 0 saturated heterocycles. The third-order valence-corrected chi connectivity index (χ3v) is 4.35. The van der Waals surface area contributed by atoms with Crippen LogP contribution in [0.1, 0.15) is 5.76 Å². The standard InChI is InChI=1S/C17H15NO4S/c1-23(19,20)16-9-5-8-14(10-16)21-12-15-11-17(18-22-15)13-6-3-2-4-7-13/h2-11H,12H2,1H3. The summed E-state index contributed by atoms with van der Waals surface area (Å²) >= 11 is 0. The summed E-state index contributed by atoms with van der Waals surface area (Å²) in [4.78, 5) is 0.220. The van der Waals surface area contributed by atoms with Crippen LogP contribution in [0.3, 0.4) is 0 Å². The SMILES string of the molecule is CS(=O)(=O)c1cccc(OCc2cc(-c3ccccc3)no2)c1. The zero-order chi connectivity index (χ0) is 16.3. The molecule has 23 heavy (non-hydrogen) atoms. The summed E-state index contributed by atoms with van der Waals surface area (Å²) in [6, 6.07) is 17.8. The molecule has 5 nitrogen and oxygen atoms in total. The van der Waals surface area contributed by atoms with E-state index in [2.05, 4.69) is 5.16 Å². The molecule has 1 aromatic heterocycles. The van der Waals surface area contributed by atoms with Gasteiger partial charge in [-0.2, -0.15) is 0 Å². The maximum Gasteiger partial charge on any atom is 0.175 e. The van der Waals surface area contributed by atoms with Gasteiger partial charge < -0.3 is 9.26 Å². The molecule has 0 aliphatic rings. The van der Waals surface area contributed by atoms with E-state index in [4.69, 9.17) is 9.26 Å². The monoisotopic (exact) mass is 329 g/mol. The highest BCUT2D eigenvalue weighted by Crippen LogP contribution is 2.21. The zero-order valence-corrected chi connectivity index (χ0v) is 13.3. The number of aromatic nitrogens is 1. The quantitative estimate of drug-likeness (QED) is 0.718. The molecule has 2 aromatic carbocycles. The number of ether oxygens (including phenoxy) is 1. The molecule has 0 fully saturated rings. The summed E-state index contributed by atoms with van der Waals surface area (Å²) in [6.07, 6.45) is 1.16. The van der Waals surface area contributed by atoms with Crippen molar-refractivity contribution in [2.24, 2.45) is 0 Å². The third kappa shape index (κ3) is 3.78. The Morgan fingerprint density at radius 1 is 1.04 bits per heavy atom. The normalized spacial score (nSPS) is 11.3. The summed E-state index contributed by atoms with van der Waals surface area (Å²) < 4.78 is 33.9. The predicted molar refractivity (Wildman–Crippen MR) is 85.8 cm³/mol. The minimum absolute atomic E-state index is 0.174.